The molecule has 2 aliphatic heterocycles. The van der Waals surface area contributed by atoms with E-state index in [9.17, 15) is 24.4 Å². The molecule has 7 atom stereocenters. The summed E-state index contributed by atoms with van der Waals surface area (Å²) in [5, 5.41) is 20.2. The van der Waals surface area contributed by atoms with Crippen molar-refractivity contribution in [1.29, 1.82) is 0 Å². The molecule has 206 valence electrons. The smallest absolute Gasteiger partial charge is 0.354 e. The minimum Gasteiger partial charge on any atom is -0.394 e. The first kappa shape index (κ1) is 26.4. The lowest BCUT2D eigenvalue weighted by Crippen LogP contribution is -2.30. The Kier molecular flexibility index (Phi) is 7.03. The minimum atomic E-state index is -3.75. The van der Waals surface area contributed by atoms with Gasteiger partial charge in [-0.05, 0) is 0 Å². The van der Waals surface area contributed by atoms with Crippen molar-refractivity contribution in [3.8, 4) is 0 Å². The lowest BCUT2D eigenvalue weighted by Gasteiger charge is -2.23. The van der Waals surface area contributed by atoms with E-state index in [1.54, 1.807) is 0 Å². The van der Waals surface area contributed by atoms with Crippen molar-refractivity contribution in [1.82, 2.24) is 34.1 Å². The summed E-state index contributed by atoms with van der Waals surface area (Å²) in [5.74, 6) is -0.295. The van der Waals surface area contributed by atoms with E-state index in [1.807, 2.05) is 0 Å². The third-order valence-corrected chi connectivity index (χ3v) is 7.45. The van der Waals surface area contributed by atoms with Gasteiger partial charge in [0.25, 0.3) is 5.56 Å². The molecule has 0 aromatic carbocycles. The van der Waals surface area contributed by atoms with Crippen molar-refractivity contribution < 1.29 is 33.3 Å². The fourth-order valence-corrected chi connectivity index (χ4v) is 5.57. The molecule has 0 aliphatic carbocycles. The highest BCUT2D eigenvalue weighted by atomic mass is 31.2. The normalized spacial score (nSPS) is 29.1. The number of nitrogens with one attached hydrogen (secondary N) is 1. The van der Waals surface area contributed by atoms with E-state index in [1.165, 1.54) is 17.6 Å². The van der Waals surface area contributed by atoms with Crippen LogP contribution in [0.3, 0.4) is 0 Å². The van der Waals surface area contributed by atoms with Gasteiger partial charge in [-0.1, -0.05) is 0 Å². The summed E-state index contributed by atoms with van der Waals surface area (Å²) in [6.45, 7) is 0.476. The summed E-state index contributed by atoms with van der Waals surface area (Å²) >= 11 is 0. The summed E-state index contributed by atoms with van der Waals surface area (Å²) in [6.07, 6.45) is -2.63. The largest absolute Gasteiger partial charge is 0.394 e. The number of nitrogens with two attached hydrogens (primary N) is 2. The molecule has 18 nitrogen and oxygen atoms in total. The first-order chi connectivity index (χ1) is 18.0. The zero-order valence-corrected chi connectivity index (χ0v) is 20.9. The first-order valence-corrected chi connectivity index (χ1v) is 13.5. The number of anilines is 2. The molecule has 38 heavy (non-hydrogen) atoms. The number of aliphatic hydroxyl groups is 2. The van der Waals surface area contributed by atoms with E-state index in [0.717, 1.165) is 10.9 Å². The molecule has 0 amide bonds. The van der Waals surface area contributed by atoms with Crippen molar-refractivity contribution in [3.05, 3.63) is 33.5 Å². The summed E-state index contributed by atoms with van der Waals surface area (Å²) < 4.78 is 38.4. The molecule has 0 radical (unpaired) electrons. The molecule has 0 spiro atoms. The zero-order chi connectivity index (χ0) is 27.2. The van der Waals surface area contributed by atoms with Crippen LogP contribution < -0.4 is 22.7 Å². The molecule has 7 unspecified atom stereocenters. The Morgan fingerprint density at radius 2 is 1.84 bits per heavy atom. The van der Waals surface area contributed by atoms with Crippen LogP contribution in [0.5, 0.6) is 0 Å². The van der Waals surface area contributed by atoms with Gasteiger partial charge in [0.2, 0.25) is 11.9 Å². The van der Waals surface area contributed by atoms with Crippen LogP contribution in [-0.2, 0) is 23.1 Å². The molecule has 2 saturated heterocycles. The maximum atomic E-state index is 13.1. The highest BCUT2D eigenvalue weighted by Crippen LogP contribution is 2.49. The molecular formula is C19H26N9O9P. The van der Waals surface area contributed by atoms with Crippen LogP contribution in [0.1, 0.15) is 25.3 Å². The van der Waals surface area contributed by atoms with E-state index >= 15 is 0 Å². The van der Waals surface area contributed by atoms with E-state index < -0.39 is 62.3 Å². The van der Waals surface area contributed by atoms with Gasteiger partial charge in [-0.15, -0.1) is 0 Å². The molecule has 7 N–H and O–H groups in total. The van der Waals surface area contributed by atoms with Crippen LogP contribution in [0.2, 0.25) is 0 Å². The number of rotatable bonds is 8. The number of hydrogen-bond acceptors (Lipinski definition) is 15. The van der Waals surface area contributed by atoms with E-state index in [0.29, 0.717) is 0 Å². The topological polar surface area (TPSA) is 258 Å². The predicted molar refractivity (Wildman–Crippen MR) is 128 cm³/mol. The fraction of sp³-hybridized carbons (Fsp3) is 0.579. The number of H-pyrrole nitrogens is 1. The second-order valence-electron chi connectivity index (χ2n) is 8.87. The van der Waals surface area contributed by atoms with Gasteiger partial charge in [-0.25, -0.2) is 14.8 Å². The molecule has 3 aromatic heterocycles. The van der Waals surface area contributed by atoms with Crippen LogP contribution in [-0.4, -0.2) is 88.6 Å². The number of aromatic amines is 1. The SMILES string of the molecule is CP(=O)(OCC1OC(n2cnc(N)nc2=O)CC1O)OC1CC(n2cnc3c(=O)[nH]c(N)nc32)OC1CO. The number of fused-ring (bicyclic) bond motifs is 1. The highest BCUT2D eigenvalue weighted by molar-refractivity contribution is 7.53. The van der Waals surface area contributed by atoms with Gasteiger partial charge in [0.15, 0.2) is 11.2 Å². The van der Waals surface area contributed by atoms with Gasteiger partial charge < -0.3 is 40.2 Å². The molecule has 19 heteroatoms. The molecule has 5 heterocycles. The number of nitrogen functional groups attached to an aromatic ring is 2. The third kappa shape index (κ3) is 5.19. The van der Waals surface area contributed by atoms with Gasteiger partial charge in [0.05, 0.1) is 31.7 Å². The number of imidazole rings is 1. The summed E-state index contributed by atoms with van der Waals surface area (Å²) in [7, 11) is -3.75. The van der Waals surface area contributed by atoms with E-state index in [-0.39, 0.29) is 42.5 Å². The Morgan fingerprint density at radius 1 is 1.13 bits per heavy atom. The van der Waals surface area contributed by atoms with Crippen molar-refractivity contribution in [2.24, 2.45) is 0 Å². The number of ether oxygens (including phenoxy) is 2. The standard InChI is InChI=1S/C19H26N9O9P/c1-38(33,34-5-11-8(30)2-12(36-11)28-7-23-17(20)26-19(28)32)37-9-3-13(35-10(9)4-29)27-6-22-14-15(27)24-18(21)25-16(14)31/h6-13,29-30H,2-5H2,1H3,(H2,20,26,32)(H3,21,24,25,31). The predicted octanol–water partition coefficient (Wildman–Crippen LogP) is -1.91. The quantitative estimate of drug-likeness (QED) is 0.190. The highest BCUT2D eigenvalue weighted by Gasteiger charge is 2.42. The Balaban J connectivity index is 1.23. The number of nitrogens with zero attached hydrogens (tertiary/aromatic N) is 6. The Morgan fingerprint density at radius 3 is 2.58 bits per heavy atom. The van der Waals surface area contributed by atoms with Crippen LogP contribution >= 0.6 is 7.60 Å². The van der Waals surface area contributed by atoms with Crippen molar-refractivity contribution in [2.45, 2.75) is 49.7 Å². The molecule has 0 bridgehead atoms. The summed E-state index contributed by atoms with van der Waals surface area (Å²) in [6, 6.07) is 0. The molecule has 3 aromatic rings. The van der Waals surface area contributed by atoms with Crippen LogP contribution in [0.25, 0.3) is 11.2 Å². The van der Waals surface area contributed by atoms with Gasteiger partial charge in [0.1, 0.15) is 31.0 Å². The van der Waals surface area contributed by atoms with Gasteiger partial charge >= 0.3 is 13.3 Å². The Labute approximate surface area is 213 Å². The molecule has 5 rings (SSSR count). The van der Waals surface area contributed by atoms with E-state index in [2.05, 4.69) is 24.9 Å². The number of aliphatic hydroxyl groups excluding tert-OH is 2. The maximum Gasteiger partial charge on any atom is 0.354 e. The van der Waals surface area contributed by atoms with Crippen molar-refractivity contribution >= 4 is 30.7 Å². The van der Waals surface area contributed by atoms with Crippen molar-refractivity contribution in [3.63, 3.8) is 0 Å². The monoisotopic (exact) mass is 555 g/mol. The van der Waals surface area contributed by atoms with Crippen LogP contribution in [0, 0.1) is 0 Å². The van der Waals surface area contributed by atoms with Gasteiger partial charge in [0, 0.05) is 19.5 Å². The Bertz CT molecular complexity index is 1490. The van der Waals surface area contributed by atoms with Gasteiger partial charge in [-0.2, -0.15) is 9.97 Å². The molecule has 2 fully saturated rings. The summed E-state index contributed by atoms with van der Waals surface area (Å²) in [5.41, 5.74) is 10.1. The lowest BCUT2D eigenvalue weighted by atomic mass is 10.2. The minimum absolute atomic E-state index is 0.0427. The lowest BCUT2D eigenvalue weighted by molar-refractivity contribution is -0.0512. The second-order valence-corrected chi connectivity index (χ2v) is 10.9. The Hall–Kier alpha value is -3.25. The number of aromatic nitrogens is 7. The van der Waals surface area contributed by atoms with Crippen LogP contribution in [0.15, 0.2) is 22.2 Å². The van der Waals surface area contributed by atoms with Gasteiger partial charge in [-0.3, -0.25) is 23.5 Å². The molecule has 0 saturated carbocycles. The molecular weight excluding hydrogens is 529 g/mol. The maximum absolute atomic E-state index is 13.1. The third-order valence-electron chi connectivity index (χ3n) is 6.18. The average Bonchev–Trinajstić information content (AvgIpc) is 3.54. The fourth-order valence-electron chi connectivity index (χ4n) is 4.37. The second kappa shape index (κ2) is 10.1. The van der Waals surface area contributed by atoms with E-state index in [4.69, 9.17) is 30.0 Å². The number of hydrogen-bond donors (Lipinski definition) is 5. The first-order valence-electron chi connectivity index (χ1n) is 11.5. The van der Waals surface area contributed by atoms with Crippen LogP contribution in [0.4, 0.5) is 11.9 Å². The summed E-state index contributed by atoms with van der Waals surface area (Å²) in [4.78, 5) is 41.9. The van der Waals surface area contributed by atoms with Crippen molar-refractivity contribution in [2.75, 3.05) is 31.3 Å². The average molecular weight is 555 g/mol. The molecule has 2 aliphatic rings. The zero-order valence-electron chi connectivity index (χ0n) is 20.0.